The van der Waals surface area contributed by atoms with Gasteiger partial charge >= 0.3 is 0 Å². The van der Waals surface area contributed by atoms with Crippen molar-refractivity contribution in [3.63, 3.8) is 0 Å². The lowest BCUT2D eigenvalue weighted by Gasteiger charge is -2.32. The molecule has 1 aliphatic carbocycles. The first-order valence-electron chi connectivity index (χ1n) is 8.99. The second kappa shape index (κ2) is 7.23. The van der Waals surface area contributed by atoms with Gasteiger partial charge in [-0.25, -0.2) is 18.4 Å². The molecule has 0 spiro atoms. The third-order valence-corrected chi connectivity index (χ3v) is 6.11. The van der Waals surface area contributed by atoms with Gasteiger partial charge < -0.3 is 15.1 Å². The van der Waals surface area contributed by atoms with E-state index in [1.165, 1.54) is 12.6 Å². The standard InChI is InChI=1S/C19H21N5O3S/c1-28(25,26)15-5-6-17(16(9-15)13-3-2-4-13)24(10-14-11-27-12-22-14)18-7-8-21-19(20)23-18/h5-9,11-13H,2-4,10H2,1H3,(H2,20,21,23). The molecule has 0 radical (unpaired) electrons. The van der Waals surface area contributed by atoms with Gasteiger partial charge in [0.1, 0.15) is 12.1 Å². The number of nitrogens with two attached hydrogens (primary N) is 1. The number of hydrogen-bond donors (Lipinski definition) is 1. The normalized spacial score (nSPS) is 14.6. The topological polar surface area (TPSA) is 115 Å². The van der Waals surface area contributed by atoms with E-state index >= 15 is 0 Å². The van der Waals surface area contributed by atoms with Gasteiger partial charge in [-0.3, -0.25) is 0 Å². The zero-order chi connectivity index (χ0) is 19.7. The van der Waals surface area contributed by atoms with E-state index in [0.717, 1.165) is 36.2 Å². The van der Waals surface area contributed by atoms with Crippen LogP contribution in [-0.2, 0) is 16.4 Å². The second-order valence-corrected chi connectivity index (χ2v) is 8.98. The van der Waals surface area contributed by atoms with Crippen molar-refractivity contribution in [2.75, 3.05) is 16.9 Å². The molecule has 2 aromatic heterocycles. The van der Waals surface area contributed by atoms with E-state index in [0.29, 0.717) is 23.2 Å². The minimum Gasteiger partial charge on any atom is -0.451 e. The Balaban J connectivity index is 1.85. The Morgan fingerprint density at radius 2 is 2.07 bits per heavy atom. The maximum Gasteiger partial charge on any atom is 0.221 e. The largest absolute Gasteiger partial charge is 0.451 e. The lowest BCUT2D eigenvalue weighted by molar-refractivity contribution is 0.419. The summed E-state index contributed by atoms with van der Waals surface area (Å²) in [5.74, 6) is 1.10. The Morgan fingerprint density at radius 1 is 1.25 bits per heavy atom. The van der Waals surface area contributed by atoms with E-state index in [4.69, 9.17) is 10.2 Å². The maximum atomic E-state index is 12.1. The Hall–Kier alpha value is -2.94. The average molecular weight is 399 g/mol. The molecular formula is C19H21N5O3S. The molecule has 2 heterocycles. The van der Waals surface area contributed by atoms with E-state index in [1.807, 2.05) is 11.0 Å². The Kier molecular flexibility index (Phi) is 4.76. The molecule has 0 unspecified atom stereocenters. The predicted octanol–water partition coefficient (Wildman–Crippen LogP) is 3.06. The van der Waals surface area contributed by atoms with E-state index in [9.17, 15) is 8.42 Å². The lowest BCUT2D eigenvalue weighted by atomic mass is 9.79. The molecule has 28 heavy (non-hydrogen) atoms. The molecule has 9 heteroatoms. The highest BCUT2D eigenvalue weighted by atomic mass is 32.2. The molecule has 1 fully saturated rings. The van der Waals surface area contributed by atoms with E-state index in [-0.39, 0.29) is 5.95 Å². The van der Waals surface area contributed by atoms with Crippen LogP contribution in [0.2, 0.25) is 0 Å². The van der Waals surface area contributed by atoms with E-state index in [1.54, 1.807) is 30.7 Å². The molecular weight excluding hydrogens is 378 g/mol. The molecule has 0 aliphatic heterocycles. The van der Waals surface area contributed by atoms with Gasteiger partial charge in [0, 0.05) is 18.1 Å². The fourth-order valence-corrected chi connectivity index (χ4v) is 3.99. The number of nitrogen functional groups attached to an aromatic ring is 1. The molecule has 2 N–H and O–H groups in total. The fourth-order valence-electron chi connectivity index (χ4n) is 3.34. The molecule has 1 aromatic carbocycles. The van der Waals surface area contributed by atoms with Gasteiger partial charge in [0.2, 0.25) is 5.95 Å². The third kappa shape index (κ3) is 3.70. The van der Waals surface area contributed by atoms with Crippen LogP contribution in [-0.4, -0.2) is 29.6 Å². The first kappa shape index (κ1) is 18.4. The summed E-state index contributed by atoms with van der Waals surface area (Å²) in [5.41, 5.74) is 8.41. The van der Waals surface area contributed by atoms with Gasteiger partial charge in [-0.2, -0.15) is 4.98 Å². The smallest absolute Gasteiger partial charge is 0.221 e. The van der Waals surface area contributed by atoms with Crippen LogP contribution in [0.5, 0.6) is 0 Å². The summed E-state index contributed by atoms with van der Waals surface area (Å²) < 4.78 is 29.3. The number of hydrogen-bond acceptors (Lipinski definition) is 8. The van der Waals surface area contributed by atoms with Crippen molar-refractivity contribution in [3.05, 3.63) is 54.4 Å². The summed E-state index contributed by atoms with van der Waals surface area (Å²) in [6.45, 7) is 0.408. The highest BCUT2D eigenvalue weighted by Gasteiger charge is 2.27. The second-order valence-electron chi connectivity index (χ2n) is 6.96. The summed E-state index contributed by atoms with van der Waals surface area (Å²) in [7, 11) is -3.30. The number of benzene rings is 1. The summed E-state index contributed by atoms with van der Waals surface area (Å²) in [6.07, 6.45) is 8.98. The van der Waals surface area contributed by atoms with Gasteiger partial charge in [0.25, 0.3) is 0 Å². The van der Waals surface area contributed by atoms with Gasteiger partial charge in [-0.15, -0.1) is 0 Å². The van der Waals surface area contributed by atoms with Crippen LogP contribution in [0.15, 0.2) is 52.4 Å². The lowest BCUT2D eigenvalue weighted by Crippen LogP contribution is -2.22. The summed E-state index contributed by atoms with van der Waals surface area (Å²) in [6, 6.07) is 7.02. The average Bonchev–Trinajstić information content (AvgIpc) is 3.11. The molecule has 0 bridgehead atoms. The van der Waals surface area contributed by atoms with Crippen LogP contribution < -0.4 is 10.6 Å². The quantitative estimate of drug-likeness (QED) is 0.672. The zero-order valence-corrected chi connectivity index (χ0v) is 16.3. The Morgan fingerprint density at radius 3 is 2.68 bits per heavy atom. The van der Waals surface area contributed by atoms with Crippen molar-refractivity contribution in [3.8, 4) is 0 Å². The third-order valence-electron chi connectivity index (χ3n) is 5.00. The molecule has 3 aromatic rings. The van der Waals surface area contributed by atoms with Crippen LogP contribution in [0.3, 0.4) is 0 Å². The molecule has 0 atom stereocenters. The first-order chi connectivity index (χ1) is 13.4. The fraction of sp³-hybridized carbons (Fsp3) is 0.316. The highest BCUT2D eigenvalue weighted by molar-refractivity contribution is 7.90. The van der Waals surface area contributed by atoms with Crippen LogP contribution in [0, 0.1) is 0 Å². The van der Waals surface area contributed by atoms with Crippen LogP contribution in [0.25, 0.3) is 0 Å². The zero-order valence-electron chi connectivity index (χ0n) is 15.4. The molecule has 4 rings (SSSR count). The van der Waals surface area contributed by atoms with E-state index in [2.05, 4.69) is 15.0 Å². The predicted molar refractivity (Wildman–Crippen MR) is 105 cm³/mol. The SMILES string of the molecule is CS(=O)(=O)c1ccc(N(Cc2cocn2)c2ccnc(N)n2)c(C2CCC2)c1. The Bertz CT molecular complexity index is 1080. The number of rotatable bonds is 6. The summed E-state index contributed by atoms with van der Waals surface area (Å²) in [5, 5.41) is 0. The van der Waals surface area contributed by atoms with Crippen molar-refractivity contribution in [1.29, 1.82) is 0 Å². The number of anilines is 3. The molecule has 0 saturated heterocycles. The van der Waals surface area contributed by atoms with Crippen LogP contribution in [0.1, 0.15) is 36.4 Å². The summed E-state index contributed by atoms with van der Waals surface area (Å²) >= 11 is 0. The number of nitrogens with zero attached hydrogens (tertiary/aromatic N) is 4. The van der Waals surface area contributed by atoms with Crippen molar-refractivity contribution in [1.82, 2.24) is 15.0 Å². The van der Waals surface area contributed by atoms with E-state index < -0.39 is 9.84 Å². The van der Waals surface area contributed by atoms with Gasteiger partial charge in [-0.05, 0) is 48.6 Å². The highest BCUT2D eigenvalue weighted by Crippen LogP contribution is 2.43. The van der Waals surface area contributed by atoms with Crippen molar-refractivity contribution >= 4 is 27.3 Å². The van der Waals surface area contributed by atoms with Crippen LogP contribution >= 0.6 is 0 Å². The number of aromatic nitrogens is 3. The van der Waals surface area contributed by atoms with Gasteiger partial charge in [0.05, 0.1) is 17.1 Å². The molecule has 0 amide bonds. The monoisotopic (exact) mass is 399 g/mol. The van der Waals surface area contributed by atoms with Crippen LogP contribution in [0.4, 0.5) is 17.5 Å². The molecule has 146 valence electrons. The molecule has 8 nitrogen and oxygen atoms in total. The van der Waals surface area contributed by atoms with Gasteiger partial charge in [-0.1, -0.05) is 6.42 Å². The molecule has 1 aliphatic rings. The van der Waals surface area contributed by atoms with Gasteiger partial charge in [0.15, 0.2) is 16.2 Å². The number of sulfone groups is 1. The molecule has 1 saturated carbocycles. The Labute approximate surface area is 163 Å². The van der Waals surface area contributed by atoms with Crippen molar-refractivity contribution in [2.45, 2.75) is 36.6 Å². The van der Waals surface area contributed by atoms with Crippen molar-refractivity contribution < 1.29 is 12.8 Å². The maximum absolute atomic E-state index is 12.1. The minimum absolute atomic E-state index is 0.167. The van der Waals surface area contributed by atoms with Crippen molar-refractivity contribution in [2.24, 2.45) is 0 Å². The summed E-state index contributed by atoms with van der Waals surface area (Å²) in [4.78, 5) is 14.8. The minimum atomic E-state index is -3.30. The first-order valence-corrected chi connectivity index (χ1v) is 10.9. The number of oxazole rings is 1.